The Morgan fingerprint density at radius 3 is 2.70 bits per heavy atom. The van der Waals surface area contributed by atoms with Gasteiger partial charge < -0.3 is 9.64 Å². The van der Waals surface area contributed by atoms with Gasteiger partial charge in [-0.05, 0) is 23.6 Å². The highest BCUT2D eigenvalue weighted by Crippen LogP contribution is 2.37. The quantitative estimate of drug-likeness (QED) is 0.832. The van der Waals surface area contributed by atoms with E-state index in [1.807, 2.05) is 24.1 Å². The summed E-state index contributed by atoms with van der Waals surface area (Å²) in [4.78, 5) is 17.7. The first-order valence-corrected chi connectivity index (χ1v) is 9.79. The lowest BCUT2D eigenvalue weighted by Gasteiger charge is -2.29. The minimum Gasteiger partial charge on any atom is -0.379 e. The fourth-order valence-corrected chi connectivity index (χ4v) is 4.05. The molecular weight excluding hydrogens is 340 g/mol. The van der Waals surface area contributed by atoms with Gasteiger partial charge in [-0.25, -0.2) is 0 Å². The highest BCUT2D eigenvalue weighted by Gasteiger charge is 2.35. The number of anilines is 1. The summed E-state index contributed by atoms with van der Waals surface area (Å²) < 4.78 is 7.19. The van der Waals surface area contributed by atoms with Crippen molar-refractivity contribution in [3.8, 4) is 0 Å². The van der Waals surface area contributed by atoms with E-state index in [-0.39, 0.29) is 5.91 Å². The predicted molar refractivity (Wildman–Crippen MR) is 105 cm³/mol. The summed E-state index contributed by atoms with van der Waals surface area (Å²) in [5.41, 5.74) is 3.91. The number of carbonyl (C=O) groups is 1. The summed E-state index contributed by atoms with van der Waals surface area (Å²) in [5.74, 6) is 0.674. The molecule has 0 bridgehead atoms. The minimum absolute atomic E-state index is 0.0360. The Bertz CT molecular complexity index is 823. The first-order chi connectivity index (χ1) is 13.0. The minimum atomic E-state index is 0.0360. The molecule has 1 aromatic carbocycles. The number of hydrogen-bond acceptors (Lipinski definition) is 4. The summed E-state index contributed by atoms with van der Waals surface area (Å²) >= 11 is 0. The molecular formula is C21H28N4O2. The number of para-hydroxylation sites is 1. The van der Waals surface area contributed by atoms with Crippen LogP contribution in [0.15, 0.2) is 30.3 Å². The van der Waals surface area contributed by atoms with Gasteiger partial charge in [-0.15, -0.1) is 0 Å². The molecule has 2 aliphatic heterocycles. The highest BCUT2D eigenvalue weighted by atomic mass is 16.5. The fourth-order valence-electron chi connectivity index (χ4n) is 4.05. The summed E-state index contributed by atoms with van der Waals surface area (Å²) in [7, 11) is 1.85. The van der Waals surface area contributed by atoms with Crippen LogP contribution in [-0.4, -0.2) is 60.0 Å². The van der Waals surface area contributed by atoms with Crippen molar-refractivity contribution in [1.29, 1.82) is 0 Å². The van der Waals surface area contributed by atoms with Crippen LogP contribution in [0, 0.1) is 0 Å². The van der Waals surface area contributed by atoms with Crippen molar-refractivity contribution in [1.82, 2.24) is 14.7 Å². The number of fused-ring (bicyclic) bond motifs is 1. The Kier molecular flexibility index (Phi) is 5.02. The zero-order valence-corrected chi connectivity index (χ0v) is 16.4. The number of carbonyl (C=O) groups excluding carboxylic acids is 1. The number of morpholine rings is 1. The molecule has 0 saturated carbocycles. The molecule has 1 aromatic heterocycles. The van der Waals surface area contributed by atoms with Crippen molar-refractivity contribution >= 4 is 11.6 Å². The summed E-state index contributed by atoms with van der Waals surface area (Å²) in [5, 5.41) is 4.52. The van der Waals surface area contributed by atoms with Gasteiger partial charge in [0.1, 0.15) is 5.69 Å². The molecule has 6 heteroatoms. The number of hydrogen-bond donors (Lipinski definition) is 0. The molecule has 27 heavy (non-hydrogen) atoms. The molecule has 144 valence electrons. The van der Waals surface area contributed by atoms with Gasteiger partial charge in [0.25, 0.3) is 5.91 Å². The third-order valence-corrected chi connectivity index (χ3v) is 5.61. The zero-order chi connectivity index (χ0) is 19.0. The second kappa shape index (κ2) is 7.44. The van der Waals surface area contributed by atoms with Crippen LogP contribution in [-0.2, 0) is 11.8 Å². The molecule has 1 unspecified atom stereocenters. The Labute approximate surface area is 160 Å². The van der Waals surface area contributed by atoms with E-state index in [4.69, 9.17) is 4.74 Å². The molecule has 0 spiro atoms. The number of rotatable bonds is 4. The monoisotopic (exact) mass is 368 g/mol. The largest absolute Gasteiger partial charge is 0.379 e. The molecule has 1 atom stereocenters. The van der Waals surface area contributed by atoms with E-state index in [1.165, 1.54) is 5.56 Å². The van der Waals surface area contributed by atoms with Gasteiger partial charge in [0.15, 0.2) is 0 Å². The average molecular weight is 368 g/mol. The fraction of sp³-hybridized carbons (Fsp3) is 0.524. The molecule has 1 fully saturated rings. The average Bonchev–Trinajstić information content (AvgIpc) is 3.24. The second-order valence-electron chi connectivity index (χ2n) is 7.82. The van der Waals surface area contributed by atoms with Crippen LogP contribution in [0.3, 0.4) is 0 Å². The molecule has 3 heterocycles. The van der Waals surface area contributed by atoms with Gasteiger partial charge in [0, 0.05) is 44.8 Å². The van der Waals surface area contributed by atoms with Crippen LogP contribution >= 0.6 is 0 Å². The van der Waals surface area contributed by atoms with Crippen LogP contribution in [0.5, 0.6) is 0 Å². The van der Waals surface area contributed by atoms with Crippen LogP contribution < -0.4 is 4.90 Å². The van der Waals surface area contributed by atoms with Crippen LogP contribution in [0.1, 0.15) is 47.4 Å². The Morgan fingerprint density at radius 2 is 2.00 bits per heavy atom. The van der Waals surface area contributed by atoms with Gasteiger partial charge in [0.2, 0.25) is 0 Å². The molecule has 2 aliphatic rings. The number of ether oxygens (including phenoxy) is 1. The van der Waals surface area contributed by atoms with Crippen molar-refractivity contribution in [3.05, 3.63) is 47.3 Å². The molecule has 6 nitrogen and oxygen atoms in total. The number of amides is 1. The maximum Gasteiger partial charge on any atom is 0.276 e. The van der Waals surface area contributed by atoms with E-state index in [0.717, 1.165) is 50.8 Å². The topological polar surface area (TPSA) is 50.6 Å². The SMILES string of the molecule is CC(C)c1cc(C(=O)N2CC(CN3CCOCC3)c3ccccc32)n(C)n1. The lowest BCUT2D eigenvalue weighted by Crippen LogP contribution is -2.40. The number of nitrogens with zero attached hydrogens (tertiary/aromatic N) is 4. The lowest BCUT2D eigenvalue weighted by molar-refractivity contribution is 0.0356. The standard InChI is InChI=1S/C21H28N4O2/c1-15(2)18-12-20(23(3)22-18)21(26)25-14-16(13-24-8-10-27-11-9-24)17-6-4-5-7-19(17)25/h4-7,12,15-16H,8-11,13-14H2,1-3H3. The van der Waals surface area contributed by atoms with E-state index in [2.05, 4.69) is 42.0 Å². The molecule has 2 aromatic rings. The molecule has 1 saturated heterocycles. The molecule has 0 radical (unpaired) electrons. The summed E-state index contributed by atoms with van der Waals surface area (Å²) in [6.45, 7) is 9.40. The maximum absolute atomic E-state index is 13.3. The number of aryl methyl sites for hydroxylation is 1. The first-order valence-electron chi connectivity index (χ1n) is 9.79. The van der Waals surface area contributed by atoms with E-state index in [0.29, 0.717) is 17.5 Å². The van der Waals surface area contributed by atoms with E-state index in [9.17, 15) is 4.79 Å². The van der Waals surface area contributed by atoms with Crippen LogP contribution in [0.4, 0.5) is 5.69 Å². The van der Waals surface area contributed by atoms with Crippen LogP contribution in [0.2, 0.25) is 0 Å². The highest BCUT2D eigenvalue weighted by molar-refractivity contribution is 6.06. The summed E-state index contributed by atoms with van der Waals surface area (Å²) in [6.07, 6.45) is 0. The van der Waals surface area contributed by atoms with E-state index < -0.39 is 0 Å². The lowest BCUT2D eigenvalue weighted by atomic mass is 10.0. The Morgan fingerprint density at radius 1 is 1.26 bits per heavy atom. The van der Waals surface area contributed by atoms with Crippen molar-refractivity contribution in [2.24, 2.45) is 7.05 Å². The third kappa shape index (κ3) is 3.51. The van der Waals surface area contributed by atoms with Crippen molar-refractivity contribution in [2.75, 3.05) is 44.3 Å². The molecule has 0 N–H and O–H groups in total. The Balaban J connectivity index is 1.59. The normalized spacial score (nSPS) is 20.3. The van der Waals surface area contributed by atoms with E-state index >= 15 is 0 Å². The number of aromatic nitrogens is 2. The predicted octanol–water partition coefficient (Wildman–Crippen LogP) is 2.62. The van der Waals surface area contributed by atoms with Crippen molar-refractivity contribution in [2.45, 2.75) is 25.7 Å². The molecule has 1 amide bonds. The summed E-state index contributed by atoms with van der Waals surface area (Å²) in [6, 6.07) is 10.2. The third-order valence-electron chi connectivity index (χ3n) is 5.61. The van der Waals surface area contributed by atoms with Gasteiger partial charge in [-0.1, -0.05) is 32.0 Å². The first kappa shape index (κ1) is 18.2. The molecule has 4 rings (SSSR count). The van der Waals surface area contributed by atoms with Crippen molar-refractivity contribution in [3.63, 3.8) is 0 Å². The van der Waals surface area contributed by atoms with Crippen LogP contribution in [0.25, 0.3) is 0 Å². The Hall–Kier alpha value is -2.18. The smallest absolute Gasteiger partial charge is 0.276 e. The van der Waals surface area contributed by atoms with Gasteiger partial charge in [0.05, 0.1) is 18.9 Å². The van der Waals surface area contributed by atoms with Crippen molar-refractivity contribution < 1.29 is 9.53 Å². The number of benzene rings is 1. The van der Waals surface area contributed by atoms with Gasteiger partial charge in [-0.2, -0.15) is 5.10 Å². The molecule has 0 aliphatic carbocycles. The maximum atomic E-state index is 13.3. The van der Waals surface area contributed by atoms with Gasteiger partial charge in [-0.3, -0.25) is 14.4 Å². The zero-order valence-electron chi connectivity index (χ0n) is 16.4. The second-order valence-corrected chi connectivity index (χ2v) is 7.82. The van der Waals surface area contributed by atoms with Gasteiger partial charge >= 0.3 is 0 Å². The van der Waals surface area contributed by atoms with E-state index in [1.54, 1.807) is 4.68 Å².